The number of amides is 2. The van der Waals surface area contributed by atoms with Crippen LogP contribution in [0, 0.1) is 0 Å². The van der Waals surface area contributed by atoms with Gasteiger partial charge in [-0.2, -0.15) is 0 Å². The quantitative estimate of drug-likeness (QED) is 0.314. The topological polar surface area (TPSA) is 77.1 Å². The van der Waals surface area contributed by atoms with Crippen LogP contribution in [-0.2, 0) is 29.0 Å². The molecule has 1 aliphatic rings. The molecule has 1 unspecified atom stereocenters. The highest BCUT2D eigenvalue weighted by Crippen LogP contribution is 2.28. The average molecular weight is 545 g/mol. The molecule has 2 amide bonds. The number of benzene rings is 3. The molecule has 1 aliphatic carbocycles. The lowest BCUT2D eigenvalue weighted by atomic mass is 10.0. The van der Waals surface area contributed by atoms with Crippen molar-refractivity contribution in [3.63, 3.8) is 0 Å². The van der Waals surface area contributed by atoms with Crippen LogP contribution in [0.15, 0.2) is 72.8 Å². The molecular formula is C33H40N2O5. The van der Waals surface area contributed by atoms with Gasteiger partial charge in [0.1, 0.15) is 11.8 Å². The van der Waals surface area contributed by atoms with Crippen molar-refractivity contribution in [2.45, 2.75) is 63.6 Å². The Morgan fingerprint density at radius 2 is 1.55 bits per heavy atom. The summed E-state index contributed by atoms with van der Waals surface area (Å²) in [6.07, 6.45) is 5.39. The summed E-state index contributed by atoms with van der Waals surface area (Å²) in [5.74, 6) is 1.80. The predicted molar refractivity (Wildman–Crippen MR) is 156 cm³/mol. The van der Waals surface area contributed by atoms with E-state index in [0.717, 1.165) is 42.4 Å². The summed E-state index contributed by atoms with van der Waals surface area (Å²) in [5, 5.41) is 3.26. The van der Waals surface area contributed by atoms with Crippen LogP contribution >= 0.6 is 0 Å². The number of methoxy groups -OCH3 is 3. The fraction of sp³-hybridized carbons (Fsp3) is 0.394. The zero-order valence-electron chi connectivity index (χ0n) is 23.7. The van der Waals surface area contributed by atoms with E-state index in [1.54, 1.807) is 26.2 Å². The maximum Gasteiger partial charge on any atom is 0.243 e. The molecule has 3 aromatic carbocycles. The molecule has 40 heavy (non-hydrogen) atoms. The zero-order chi connectivity index (χ0) is 28.3. The Morgan fingerprint density at radius 3 is 2.25 bits per heavy atom. The molecule has 0 spiro atoms. The molecule has 0 aliphatic heterocycles. The number of nitrogens with zero attached hydrogens (tertiary/aromatic N) is 1. The first-order valence-corrected chi connectivity index (χ1v) is 14.0. The molecule has 4 rings (SSSR count). The Kier molecular flexibility index (Phi) is 10.4. The van der Waals surface area contributed by atoms with Gasteiger partial charge in [0.15, 0.2) is 11.5 Å². The van der Waals surface area contributed by atoms with Crippen LogP contribution in [0.25, 0.3) is 0 Å². The van der Waals surface area contributed by atoms with Crippen LogP contribution in [0.3, 0.4) is 0 Å². The van der Waals surface area contributed by atoms with E-state index in [0.29, 0.717) is 36.6 Å². The second kappa shape index (κ2) is 14.4. The monoisotopic (exact) mass is 544 g/mol. The van der Waals surface area contributed by atoms with Crippen molar-refractivity contribution in [1.29, 1.82) is 0 Å². The van der Waals surface area contributed by atoms with Gasteiger partial charge in [-0.3, -0.25) is 9.59 Å². The standard InChI is InChI=1S/C33H40N2O5/c1-38-28-15-9-12-26(20-28)23-35(32(36)19-17-25-16-18-30(39-2)31(22-25)40-3)29(21-24-10-5-4-6-11-24)33(37)34-27-13-7-8-14-27/h4-6,9-12,15-16,18,20,22,27,29H,7-8,13-14,17,19,21,23H2,1-3H3,(H,34,37). The number of hydrogen-bond donors (Lipinski definition) is 1. The number of rotatable bonds is 13. The Bertz CT molecular complexity index is 1260. The summed E-state index contributed by atoms with van der Waals surface area (Å²) in [5.41, 5.74) is 2.88. The van der Waals surface area contributed by atoms with Gasteiger partial charge in [0.25, 0.3) is 0 Å². The van der Waals surface area contributed by atoms with Gasteiger partial charge in [0.05, 0.1) is 21.3 Å². The summed E-state index contributed by atoms with van der Waals surface area (Å²) in [6, 6.07) is 22.8. The molecule has 1 N–H and O–H groups in total. The highest BCUT2D eigenvalue weighted by molar-refractivity contribution is 5.88. The third-order valence-electron chi connectivity index (χ3n) is 7.54. The van der Waals surface area contributed by atoms with Gasteiger partial charge in [0, 0.05) is 25.4 Å². The first kappa shape index (κ1) is 29.0. The van der Waals surface area contributed by atoms with Crippen LogP contribution in [0.2, 0.25) is 0 Å². The number of carbonyl (C=O) groups is 2. The number of aryl methyl sites for hydroxylation is 1. The molecule has 0 saturated heterocycles. The minimum atomic E-state index is -0.646. The van der Waals surface area contributed by atoms with Gasteiger partial charge in [-0.25, -0.2) is 0 Å². The highest BCUT2D eigenvalue weighted by Gasteiger charge is 2.32. The lowest BCUT2D eigenvalue weighted by Gasteiger charge is -2.32. The minimum absolute atomic E-state index is 0.0832. The van der Waals surface area contributed by atoms with Crippen LogP contribution < -0.4 is 19.5 Å². The van der Waals surface area contributed by atoms with Crippen molar-refractivity contribution >= 4 is 11.8 Å². The van der Waals surface area contributed by atoms with Crippen LogP contribution in [0.4, 0.5) is 0 Å². The third kappa shape index (κ3) is 7.78. The van der Waals surface area contributed by atoms with Crippen molar-refractivity contribution in [2.24, 2.45) is 0 Å². The molecular weight excluding hydrogens is 504 g/mol. The lowest BCUT2D eigenvalue weighted by molar-refractivity contribution is -0.141. The van der Waals surface area contributed by atoms with Gasteiger partial charge in [0.2, 0.25) is 11.8 Å². The Hall–Kier alpha value is -4.00. The van der Waals surface area contributed by atoms with Gasteiger partial charge in [-0.15, -0.1) is 0 Å². The Morgan fingerprint density at radius 1 is 0.825 bits per heavy atom. The molecule has 0 radical (unpaired) electrons. The predicted octanol–water partition coefficient (Wildman–Crippen LogP) is 5.34. The van der Waals surface area contributed by atoms with Crippen molar-refractivity contribution in [2.75, 3.05) is 21.3 Å². The van der Waals surface area contributed by atoms with Gasteiger partial charge >= 0.3 is 0 Å². The molecule has 1 fully saturated rings. The van der Waals surface area contributed by atoms with Crippen LogP contribution in [0.5, 0.6) is 17.2 Å². The largest absolute Gasteiger partial charge is 0.497 e. The second-order valence-corrected chi connectivity index (χ2v) is 10.3. The first-order chi connectivity index (χ1) is 19.5. The van der Waals surface area contributed by atoms with E-state index in [1.165, 1.54) is 0 Å². The van der Waals surface area contributed by atoms with Crippen molar-refractivity contribution in [1.82, 2.24) is 10.2 Å². The number of hydrogen-bond acceptors (Lipinski definition) is 5. The van der Waals surface area contributed by atoms with Crippen molar-refractivity contribution in [3.05, 3.63) is 89.5 Å². The van der Waals surface area contributed by atoms with Crippen LogP contribution in [0.1, 0.15) is 48.8 Å². The molecule has 1 saturated carbocycles. The summed E-state index contributed by atoms with van der Waals surface area (Å²) < 4.78 is 16.2. The lowest BCUT2D eigenvalue weighted by Crippen LogP contribution is -2.52. The van der Waals surface area contributed by atoms with E-state index >= 15 is 0 Å². The molecule has 0 bridgehead atoms. The van der Waals surface area contributed by atoms with E-state index in [9.17, 15) is 9.59 Å². The van der Waals surface area contributed by atoms with Gasteiger partial charge in [-0.05, 0) is 60.2 Å². The molecule has 212 valence electrons. The summed E-state index contributed by atoms with van der Waals surface area (Å²) >= 11 is 0. The van der Waals surface area contributed by atoms with Gasteiger partial charge < -0.3 is 24.4 Å². The average Bonchev–Trinajstić information content (AvgIpc) is 3.51. The first-order valence-electron chi connectivity index (χ1n) is 14.0. The SMILES string of the molecule is COc1cccc(CN(C(=O)CCc2ccc(OC)c(OC)c2)C(Cc2ccccc2)C(=O)NC2CCCC2)c1. The summed E-state index contributed by atoms with van der Waals surface area (Å²) in [4.78, 5) is 29.6. The van der Waals surface area contributed by atoms with Crippen LogP contribution in [-0.4, -0.2) is 50.1 Å². The molecule has 3 aromatic rings. The normalized spacial score (nSPS) is 13.9. The van der Waals surface area contributed by atoms with Crippen molar-refractivity contribution < 1.29 is 23.8 Å². The van der Waals surface area contributed by atoms with Crippen molar-refractivity contribution in [3.8, 4) is 17.2 Å². The fourth-order valence-corrected chi connectivity index (χ4v) is 5.32. The molecule has 1 atom stereocenters. The maximum atomic E-state index is 14.0. The van der Waals surface area contributed by atoms with E-state index in [-0.39, 0.29) is 24.3 Å². The zero-order valence-corrected chi connectivity index (χ0v) is 23.7. The van der Waals surface area contributed by atoms with E-state index in [4.69, 9.17) is 14.2 Å². The highest BCUT2D eigenvalue weighted by atomic mass is 16.5. The summed E-state index contributed by atoms with van der Waals surface area (Å²) in [6.45, 7) is 0.303. The van der Waals surface area contributed by atoms with E-state index < -0.39 is 6.04 Å². The number of nitrogens with one attached hydrogen (secondary N) is 1. The Balaban J connectivity index is 1.62. The maximum absolute atomic E-state index is 14.0. The molecule has 0 heterocycles. The summed E-state index contributed by atoms with van der Waals surface area (Å²) in [7, 11) is 4.82. The molecule has 7 heteroatoms. The Labute approximate surface area is 237 Å². The minimum Gasteiger partial charge on any atom is -0.497 e. The smallest absolute Gasteiger partial charge is 0.243 e. The number of carbonyl (C=O) groups excluding carboxylic acids is 2. The second-order valence-electron chi connectivity index (χ2n) is 10.3. The molecule has 0 aromatic heterocycles. The van der Waals surface area contributed by atoms with E-state index in [1.807, 2.05) is 72.8 Å². The molecule has 7 nitrogen and oxygen atoms in total. The number of ether oxygens (including phenoxy) is 3. The third-order valence-corrected chi connectivity index (χ3v) is 7.54. The van der Waals surface area contributed by atoms with Gasteiger partial charge in [-0.1, -0.05) is 61.4 Å². The fourth-order valence-electron chi connectivity index (χ4n) is 5.32. The van der Waals surface area contributed by atoms with E-state index in [2.05, 4.69) is 5.32 Å².